The molecule has 1 aromatic heterocycles. The van der Waals surface area contributed by atoms with Crippen LogP contribution < -0.4 is 4.74 Å². The summed E-state index contributed by atoms with van der Waals surface area (Å²) in [6.07, 6.45) is 4.73. The Morgan fingerprint density at radius 3 is 2.71 bits per heavy atom. The number of pyridine rings is 1. The van der Waals surface area contributed by atoms with E-state index >= 15 is 0 Å². The normalized spacial score (nSPS) is 21.5. The van der Waals surface area contributed by atoms with E-state index in [4.69, 9.17) is 14.2 Å². The fourth-order valence-electron chi connectivity index (χ4n) is 3.10. The molecule has 7 nitrogen and oxygen atoms in total. The van der Waals surface area contributed by atoms with Gasteiger partial charge in [-0.3, -0.25) is 4.79 Å². The molecule has 2 fully saturated rings. The van der Waals surface area contributed by atoms with Crippen molar-refractivity contribution in [3.05, 3.63) is 23.9 Å². The molecule has 3 rings (SSSR count). The van der Waals surface area contributed by atoms with Crippen LogP contribution in [0.1, 0.15) is 36.0 Å². The molecule has 24 heavy (non-hydrogen) atoms. The third-order valence-electron chi connectivity index (χ3n) is 4.43. The predicted octanol–water partition coefficient (Wildman–Crippen LogP) is 1.42. The van der Waals surface area contributed by atoms with Crippen molar-refractivity contribution in [3.63, 3.8) is 0 Å². The van der Waals surface area contributed by atoms with Crippen molar-refractivity contribution < 1.29 is 23.8 Å². The van der Waals surface area contributed by atoms with Crippen LogP contribution in [0.2, 0.25) is 0 Å². The maximum absolute atomic E-state index is 12.6. The zero-order valence-corrected chi connectivity index (χ0v) is 13.8. The van der Waals surface area contributed by atoms with Gasteiger partial charge in [0.1, 0.15) is 12.1 Å². The third kappa shape index (κ3) is 3.67. The van der Waals surface area contributed by atoms with Crippen molar-refractivity contribution in [1.82, 2.24) is 9.88 Å². The van der Waals surface area contributed by atoms with Gasteiger partial charge in [0.15, 0.2) is 0 Å². The summed E-state index contributed by atoms with van der Waals surface area (Å²) in [5.74, 6) is -0.0642. The lowest BCUT2D eigenvalue weighted by Gasteiger charge is -2.23. The van der Waals surface area contributed by atoms with Gasteiger partial charge in [-0.25, -0.2) is 9.78 Å². The molecule has 2 saturated heterocycles. The van der Waals surface area contributed by atoms with Crippen molar-refractivity contribution in [2.75, 3.05) is 26.9 Å². The maximum atomic E-state index is 12.6. The van der Waals surface area contributed by atoms with Gasteiger partial charge in [0.2, 0.25) is 5.88 Å². The summed E-state index contributed by atoms with van der Waals surface area (Å²) in [4.78, 5) is 30.2. The first kappa shape index (κ1) is 16.7. The summed E-state index contributed by atoms with van der Waals surface area (Å²) in [6, 6.07) is 2.89. The highest BCUT2D eigenvalue weighted by molar-refractivity contribution is 5.96. The molecule has 0 aliphatic carbocycles. The first-order valence-electron chi connectivity index (χ1n) is 8.28. The number of nitrogens with zero attached hydrogens (tertiary/aromatic N) is 2. The molecular weight excluding hydrogens is 312 g/mol. The predicted molar refractivity (Wildman–Crippen MR) is 84.8 cm³/mol. The van der Waals surface area contributed by atoms with Crippen LogP contribution in [0, 0.1) is 0 Å². The van der Waals surface area contributed by atoms with Gasteiger partial charge in [0, 0.05) is 31.6 Å². The maximum Gasteiger partial charge on any atom is 0.328 e. The molecule has 1 amide bonds. The molecule has 0 aromatic carbocycles. The lowest BCUT2D eigenvalue weighted by atomic mass is 10.1. The van der Waals surface area contributed by atoms with Gasteiger partial charge in [-0.2, -0.15) is 0 Å². The van der Waals surface area contributed by atoms with Crippen molar-refractivity contribution in [3.8, 4) is 5.88 Å². The van der Waals surface area contributed by atoms with E-state index < -0.39 is 6.04 Å². The molecule has 2 aliphatic rings. The third-order valence-corrected chi connectivity index (χ3v) is 4.43. The number of ether oxygens (including phenoxy) is 3. The van der Waals surface area contributed by atoms with E-state index in [1.807, 2.05) is 0 Å². The van der Waals surface area contributed by atoms with Gasteiger partial charge >= 0.3 is 5.97 Å². The lowest BCUT2D eigenvalue weighted by molar-refractivity contribution is -0.145. The zero-order chi connectivity index (χ0) is 16.9. The molecule has 0 saturated carbocycles. The molecule has 1 aromatic rings. The molecule has 1 atom stereocenters. The van der Waals surface area contributed by atoms with E-state index in [2.05, 4.69) is 4.98 Å². The number of carbonyl (C=O) groups excluding carboxylic acids is 2. The number of esters is 1. The second-order valence-electron chi connectivity index (χ2n) is 5.99. The Morgan fingerprint density at radius 2 is 2.04 bits per heavy atom. The molecular formula is C17H22N2O5. The lowest BCUT2D eigenvalue weighted by Crippen LogP contribution is -2.41. The molecule has 0 bridgehead atoms. The van der Waals surface area contributed by atoms with Gasteiger partial charge in [-0.1, -0.05) is 0 Å². The number of methoxy groups -OCH3 is 1. The van der Waals surface area contributed by atoms with Crippen molar-refractivity contribution >= 4 is 11.9 Å². The first-order chi connectivity index (χ1) is 11.7. The van der Waals surface area contributed by atoms with E-state index in [0.717, 1.165) is 19.3 Å². The SMILES string of the molecule is COC(=O)C1CCCN1C(=O)c1ccc(OC2CCOCC2)nc1. The number of rotatable bonds is 4. The number of hydrogen-bond acceptors (Lipinski definition) is 6. The number of aromatic nitrogens is 1. The Labute approximate surface area is 140 Å². The average Bonchev–Trinajstić information content (AvgIpc) is 3.12. The average molecular weight is 334 g/mol. The van der Waals surface area contributed by atoms with E-state index in [1.165, 1.54) is 13.3 Å². The first-order valence-corrected chi connectivity index (χ1v) is 8.28. The number of carbonyl (C=O) groups is 2. The molecule has 0 radical (unpaired) electrons. The zero-order valence-electron chi connectivity index (χ0n) is 13.8. The number of amides is 1. The van der Waals surface area contributed by atoms with Crippen LogP contribution in [-0.2, 0) is 14.3 Å². The van der Waals surface area contributed by atoms with E-state index in [1.54, 1.807) is 17.0 Å². The summed E-state index contributed by atoms with van der Waals surface area (Å²) in [7, 11) is 1.34. The standard InChI is InChI=1S/C17H22N2O5/c1-22-17(21)14-3-2-8-19(14)16(20)12-4-5-15(18-11-12)24-13-6-9-23-10-7-13/h4-5,11,13-14H,2-3,6-10H2,1H3. The van der Waals surface area contributed by atoms with E-state index in [0.29, 0.717) is 37.6 Å². The Balaban J connectivity index is 1.64. The summed E-state index contributed by atoms with van der Waals surface area (Å²) >= 11 is 0. The van der Waals surface area contributed by atoms with Crippen LogP contribution in [0.4, 0.5) is 0 Å². The van der Waals surface area contributed by atoms with Crippen molar-refractivity contribution in [2.24, 2.45) is 0 Å². The Hall–Kier alpha value is -2.15. The Kier molecular flexibility index (Phi) is 5.30. The molecule has 130 valence electrons. The molecule has 1 unspecified atom stereocenters. The quantitative estimate of drug-likeness (QED) is 0.775. The highest BCUT2D eigenvalue weighted by atomic mass is 16.5. The van der Waals surface area contributed by atoms with E-state index in [-0.39, 0.29) is 18.0 Å². The minimum atomic E-state index is -0.499. The molecule has 2 aliphatic heterocycles. The highest BCUT2D eigenvalue weighted by Crippen LogP contribution is 2.22. The topological polar surface area (TPSA) is 78.0 Å². The van der Waals surface area contributed by atoms with Gasteiger partial charge < -0.3 is 19.1 Å². The van der Waals surface area contributed by atoms with Gasteiger partial charge in [0.05, 0.1) is 25.9 Å². The number of hydrogen-bond donors (Lipinski definition) is 0. The van der Waals surface area contributed by atoms with Crippen LogP contribution in [0.15, 0.2) is 18.3 Å². The van der Waals surface area contributed by atoms with Crippen molar-refractivity contribution in [1.29, 1.82) is 0 Å². The summed E-state index contributed by atoms with van der Waals surface area (Å²) in [6.45, 7) is 1.95. The van der Waals surface area contributed by atoms with Crippen LogP contribution >= 0.6 is 0 Å². The molecule has 0 spiro atoms. The molecule has 7 heteroatoms. The number of likely N-dealkylation sites (tertiary alicyclic amines) is 1. The van der Waals surface area contributed by atoms with Crippen molar-refractivity contribution in [2.45, 2.75) is 37.8 Å². The minimum Gasteiger partial charge on any atom is -0.474 e. The minimum absolute atomic E-state index is 0.107. The van der Waals surface area contributed by atoms with Gasteiger partial charge in [0.25, 0.3) is 5.91 Å². The van der Waals surface area contributed by atoms with E-state index in [9.17, 15) is 9.59 Å². The monoisotopic (exact) mass is 334 g/mol. The summed E-state index contributed by atoms with van der Waals surface area (Å²) in [5, 5.41) is 0. The Morgan fingerprint density at radius 1 is 1.25 bits per heavy atom. The fourth-order valence-corrected chi connectivity index (χ4v) is 3.10. The van der Waals surface area contributed by atoms with Crippen LogP contribution in [0.3, 0.4) is 0 Å². The summed E-state index contributed by atoms with van der Waals surface area (Å²) < 4.78 is 15.9. The second kappa shape index (κ2) is 7.61. The largest absolute Gasteiger partial charge is 0.474 e. The fraction of sp³-hybridized carbons (Fsp3) is 0.588. The Bertz CT molecular complexity index is 583. The second-order valence-corrected chi connectivity index (χ2v) is 5.99. The van der Waals surface area contributed by atoms with Crippen LogP contribution in [0.5, 0.6) is 5.88 Å². The summed E-state index contributed by atoms with van der Waals surface area (Å²) in [5.41, 5.74) is 0.449. The molecule has 3 heterocycles. The molecule has 0 N–H and O–H groups in total. The highest BCUT2D eigenvalue weighted by Gasteiger charge is 2.35. The van der Waals surface area contributed by atoms with Crippen LogP contribution in [0.25, 0.3) is 0 Å². The van der Waals surface area contributed by atoms with Gasteiger partial charge in [-0.15, -0.1) is 0 Å². The smallest absolute Gasteiger partial charge is 0.328 e. The van der Waals surface area contributed by atoms with Crippen LogP contribution in [-0.4, -0.2) is 60.8 Å². The van der Waals surface area contributed by atoms with Gasteiger partial charge in [-0.05, 0) is 18.9 Å².